The molecule has 0 spiro atoms. The second-order valence-electron chi connectivity index (χ2n) is 9.79. The van der Waals surface area contributed by atoms with Crippen molar-refractivity contribution < 1.29 is 27.5 Å². The van der Waals surface area contributed by atoms with E-state index in [9.17, 15) is 22.8 Å². The lowest BCUT2D eigenvalue weighted by Gasteiger charge is -2.35. The lowest BCUT2D eigenvalue weighted by molar-refractivity contribution is -0.137. The molecule has 220 valence electrons. The van der Waals surface area contributed by atoms with Gasteiger partial charge in [0.1, 0.15) is 17.1 Å². The number of nitrogens with zero attached hydrogens (tertiary/aromatic N) is 4. The predicted octanol–water partition coefficient (Wildman–Crippen LogP) is 5.71. The van der Waals surface area contributed by atoms with E-state index in [1.54, 1.807) is 23.1 Å². The van der Waals surface area contributed by atoms with Crippen LogP contribution in [0.3, 0.4) is 0 Å². The van der Waals surface area contributed by atoms with Gasteiger partial charge >= 0.3 is 6.18 Å². The van der Waals surface area contributed by atoms with Crippen LogP contribution in [0.5, 0.6) is 5.75 Å². The second-order valence-corrected chi connectivity index (χ2v) is 9.79. The van der Waals surface area contributed by atoms with Crippen molar-refractivity contribution >= 4 is 29.3 Å². The molecule has 1 aliphatic rings. The monoisotopic (exact) mass is 564 g/mol. The number of carbonyl (C=O) groups excluding carboxylic acids is 2. The summed E-state index contributed by atoms with van der Waals surface area (Å²) in [6.07, 6.45) is 4.77. The number of benzene rings is 1. The fraction of sp³-hybridized carbons (Fsp3) is 0.571. The highest BCUT2D eigenvalue weighted by Gasteiger charge is 2.35. The van der Waals surface area contributed by atoms with Crippen molar-refractivity contribution in [2.45, 2.75) is 64.5 Å². The van der Waals surface area contributed by atoms with E-state index in [1.165, 1.54) is 46.3 Å². The minimum Gasteiger partial charge on any atom is -0.495 e. The van der Waals surface area contributed by atoms with Crippen LogP contribution in [0.25, 0.3) is 0 Å². The van der Waals surface area contributed by atoms with Gasteiger partial charge in [0, 0.05) is 51.4 Å². The molecule has 0 saturated carbocycles. The van der Waals surface area contributed by atoms with E-state index in [1.807, 2.05) is 4.90 Å². The van der Waals surface area contributed by atoms with Crippen molar-refractivity contribution in [3.63, 3.8) is 0 Å². The average Bonchev–Trinajstić information content (AvgIpc) is 2.95. The molecule has 3 rings (SSSR count). The summed E-state index contributed by atoms with van der Waals surface area (Å²) in [6, 6.07) is 4.76. The summed E-state index contributed by atoms with van der Waals surface area (Å²) in [6.45, 7) is 4.07. The Morgan fingerprint density at radius 3 is 2.27 bits per heavy atom. The molecule has 1 aliphatic heterocycles. The first-order chi connectivity index (χ1) is 19.2. The highest BCUT2D eigenvalue weighted by molar-refractivity contribution is 5.95. The van der Waals surface area contributed by atoms with Crippen molar-refractivity contribution in [3.05, 3.63) is 35.5 Å². The van der Waals surface area contributed by atoms with Crippen LogP contribution in [-0.4, -0.2) is 71.9 Å². The maximum absolute atomic E-state index is 13.2. The molecular weight excluding hydrogens is 525 g/mol. The number of aromatic nitrogens is 2. The molecule has 0 radical (unpaired) electrons. The van der Waals surface area contributed by atoms with E-state index in [4.69, 9.17) is 4.74 Å². The van der Waals surface area contributed by atoms with Crippen LogP contribution in [0.2, 0.25) is 0 Å². The summed E-state index contributed by atoms with van der Waals surface area (Å²) in [5.41, 5.74) is -0.191. The molecule has 1 fully saturated rings. The van der Waals surface area contributed by atoms with Crippen LogP contribution in [0.1, 0.15) is 74.2 Å². The SMILES string of the molecule is CCCCCCCCCC(=O)N1CCN(C(=O)c2ccc(Nc3ncc(C(F)(F)F)c(NC)n3)c(OC)c2)CC1. The van der Waals surface area contributed by atoms with Gasteiger partial charge in [0.25, 0.3) is 5.91 Å². The zero-order chi connectivity index (χ0) is 29.1. The Bertz CT molecular complexity index is 1140. The van der Waals surface area contributed by atoms with Gasteiger partial charge in [0.15, 0.2) is 0 Å². The number of alkyl halides is 3. The molecule has 2 amide bonds. The summed E-state index contributed by atoms with van der Waals surface area (Å²) in [4.78, 5) is 37.0. The van der Waals surface area contributed by atoms with Crippen molar-refractivity contribution in [1.82, 2.24) is 19.8 Å². The lowest BCUT2D eigenvalue weighted by Crippen LogP contribution is -2.50. The quantitative estimate of drug-likeness (QED) is 0.301. The molecule has 9 nitrogen and oxygen atoms in total. The van der Waals surface area contributed by atoms with E-state index in [0.29, 0.717) is 55.8 Å². The van der Waals surface area contributed by atoms with E-state index in [2.05, 4.69) is 27.5 Å². The maximum atomic E-state index is 13.2. The van der Waals surface area contributed by atoms with Gasteiger partial charge in [-0.3, -0.25) is 9.59 Å². The highest BCUT2D eigenvalue weighted by Crippen LogP contribution is 2.34. The Morgan fingerprint density at radius 2 is 1.65 bits per heavy atom. The van der Waals surface area contributed by atoms with Gasteiger partial charge < -0.3 is 25.2 Å². The Labute approximate surface area is 233 Å². The largest absolute Gasteiger partial charge is 0.495 e. The third-order valence-corrected chi connectivity index (χ3v) is 6.94. The summed E-state index contributed by atoms with van der Waals surface area (Å²) >= 11 is 0. The Hall–Kier alpha value is -3.57. The van der Waals surface area contributed by atoms with E-state index in [-0.39, 0.29) is 23.6 Å². The predicted molar refractivity (Wildman–Crippen MR) is 148 cm³/mol. The third-order valence-electron chi connectivity index (χ3n) is 6.94. The maximum Gasteiger partial charge on any atom is 0.421 e. The Balaban J connectivity index is 1.54. The van der Waals surface area contributed by atoms with Crippen molar-refractivity contribution in [3.8, 4) is 5.75 Å². The average molecular weight is 565 g/mol. The number of nitrogens with one attached hydrogen (secondary N) is 2. The first-order valence-electron chi connectivity index (χ1n) is 13.8. The summed E-state index contributed by atoms with van der Waals surface area (Å²) in [7, 11) is 2.77. The lowest BCUT2D eigenvalue weighted by atomic mass is 10.1. The fourth-order valence-electron chi connectivity index (χ4n) is 4.62. The standard InChI is InChI=1S/C28H39F3N6O3/c1-4-5-6-7-8-9-10-11-24(38)36-14-16-37(17-15-36)26(39)20-12-13-22(23(18-20)40-3)34-27-33-19-21(28(29,30)31)25(32-2)35-27/h12-13,18-19H,4-11,14-17H2,1-3H3,(H2,32,33,34,35). The molecule has 0 unspecified atom stereocenters. The van der Waals surface area contributed by atoms with Gasteiger partial charge in [-0.15, -0.1) is 0 Å². The molecule has 12 heteroatoms. The minimum absolute atomic E-state index is 0.0630. The minimum atomic E-state index is -4.59. The summed E-state index contributed by atoms with van der Waals surface area (Å²) in [5.74, 6) is -0.163. The molecule has 1 aromatic heterocycles. The Kier molecular flexibility index (Phi) is 11.4. The van der Waals surface area contributed by atoms with Gasteiger partial charge in [-0.05, 0) is 24.6 Å². The number of halogens is 3. The topological polar surface area (TPSA) is 99.7 Å². The van der Waals surface area contributed by atoms with Gasteiger partial charge in [-0.2, -0.15) is 18.2 Å². The zero-order valence-corrected chi connectivity index (χ0v) is 23.4. The zero-order valence-electron chi connectivity index (χ0n) is 23.4. The van der Waals surface area contributed by atoms with Crippen LogP contribution in [0.15, 0.2) is 24.4 Å². The first kappa shape index (κ1) is 31.0. The van der Waals surface area contributed by atoms with Crippen LogP contribution in [0, 0.1) is 0 Å². The summed E-state index contributed by atoms with van der Waals surface area (Å²) < 4.78 is 44.8. The number of ether oxygens (including phenoxy) is 1. The number of unbranched alkanes of at least 4 members (excludes halogenated alkanes) is 6. The highest BCUT2D eigenvalue weighted by atomic mass is 19.4. The number of hydrogen-bond acceptors (Lipinski definition) is 7. The smallest absolute Gasteiger partial charge is 0.421 e. The molecule has 2 heterocycles. The van der Waals surface area contributed by atoms with Crippen molar-refractivity contribution in [2.24, 2.45) is 0 Å². The number of methoxy groups -OCH3 is 1. The van der Waals surface area contributed by atoms with Crippen molar-refractivity contribution in [1.29, 1.82) is 0 Å². The third kappa shape index (κ3) is 8.46. The molecular formula is C28H39F3N6O3. The molecule has 2 N–H and O–H groups in total. The molecule has 0 bridgehead atoms. The van der Waals surface area contributed by atoms with Crippen molar-refractivity contribution in [2.75, 3.05) is 51.0 Å². The van der Waals surface area contributed by atoms with Crippen LogP contribution in [0.4, 0.5) is 30.6 Å². The molecule has 0 aliphatic carbocycles. The van der Waals surface area contributed by atoms with Gasteiger partial charge in [-0.1, -0.05) is 45.4 Å². The molecule has 40 heavy (non-hydrogen) atoms. The van der Waals surface area contributed by atoms with Crippen LogP contribution >= 0.6 is 0 Å². The number of amides is 2. The number of piperazine rings is 1. The van der Waals surface area contributed by atoms with Gasteiger partial charge in [-0.25, -0.2) is 4.98 Å². The number of hydrogen-bond donors (Lipinski definition) is 2. The van der Waals surface area contributed by atoms with E-state index in [0.717, 1.165) is 12.8 Å². The first-order valence-corrected chi connectivity index (χ1v) is 13.8. The van der Waals surface area contributed by atoms with Gasteiger partial charge in [0.2, 0.25) is 11.9 Å². The van der Waals surface area contributed by atoms with Crippen LogP contribution < -0.4 is 15.4 Å². The fourth-order valence-corrected chi connectivity index (χ4v) is 4.62. The summed E-state index contributed by atoms with van der Waals surface area (Å²) in [5, 5.41) is 5.28. The van der Waals surface area contributed by atoms with E-state index >= 15 is 0 Å². The molecule has 0 atom stereocenters. The second kappa shape index (κ2) is 14.7. The van der Waals surface area contributed by atoms with Crippen LogP contribution in [-0.2, 0) is 11.0 Å². The molecule has 1 saturated heterocycles. The number of carbonyl (C=O) groups is 2. The van der Waals surface area contributed by atoms with Gasteiger partial charge in [0.05, 0.1) is 12.8 Å². The number of rotatable bonds is 13. The number of anilines is 3. The Morgan fingerprint density at radius 1 is 1.00 bits per heavy atom. The van der Waals surface area contributed by atoms with E-state index < -0.39 is 11.7 Å². The normalized spacial score (nSPS) is 13.8. The molecule has 1 aromatic carbocycles. The molecule has 2 aromatic rings.